The average Bonchev–Trinajstić information content (AvgIpc) is 2.33. The van der Waals surface area contributed by atoms with E-state index in [1.807, 2.05) is 0 Å². The fraction of sp³-hybridized carbons (Fsp3) is 0.500. The number of rotatable bonds is 8. The standard InChI is InChI=1S/C9H16O4.C3H4O2/c1-7(9(12)13)8(11)5-3-2-4-6-10;1-2-3(4)5/h8,10-11H,1-6H2,(H,12,13);2H,1H2,(H,4,5). The van der Waals surface area contributed by atoms with Crippen molar-refractivity contribution in [2.75, 3.05) is 6.61 Å². The minimum atomic E-state index is -1.16. The van der Waals surface area contributed by atoms with E-state index in [1.165, 1.54) is 0 Å². The highest BCUT2D eigenvalue weighted by Gasteiger charge is 2.14. The molecule has 0 aliphatic heterocycles. The molecule has 18 heavy (non-hydrogen) atoms. The second-order valence-corrected chi connectivity index (χ2v) is 3.46. The number of aliphatic hydroxyl groups excluding tert-OH is 2. The van der Waals surface area contributed by atoms with E-state index in [0.29, 0.717) is 19.3 Å². The third-order valence-corrected chi connectivity index (χ3v) is 1.99. The molecule has 0 aromatic rings. The molecule has 4 N–H and O–H groups in total. The van der Waals surface area contributed by atoms with Crippen LogP contribution in [0.15, 0.2) is 24.8 Å². The molecule has 0 aromatic carbocycles. The third-order valence-electron chi connectivity index (χ3n) is 1.99. The van der Waals surface area contributed by atoms with E-state index in [1.54, 1.807) is 0 Å². The summed E-state index contributed by atoms with van der Waals surface area (Å²) < 4.78 is 0. The minimum absolute atomic E-state index is 0.135. The lowest BCUT2D eigenvalue weighted by atomic mass is 10.0. The van der Waals surface area contributed by atoms with Crippen molar-refractivity contribution in [3.63, 3.8) is 0 Å². The Balaban J connectivity index is 0. The van der Waals surface area contributed by atoms with E-state index in [-0.39, 0.29) is 12.2 Å². The number of aliphatic carboxylic acids is 2. The topological polar surface area (TPSA) is 115 Å². The van der Waals surface area contributed by atoms with E-state index in [0.717, 1.165) is 12.5 Å². The van der Waals surface area contributed by atoms with Crippen molar-refractivity contribution in [1.82, 2.24) is 0 Å². The highest BCUT2D eigenvalue weighted by Crippen LogP contribution is 2.09. The van der Waals surface area contributed by atoms with Crippen LogP contribution in [0.3, 0.4) is 0 Å². The number of hydrogen-bond acceptors (Lipinski definition) is 4. The van der Waals surface area contributed by atoms with Gasteiger partial charge in [0.2, 0.25) is 0 Å². The highest BCUT2D eigenvalue weighted by atomic mass is 16.4. The van der Waals surface area contributed by atoms with Gasteiger partial charge in [-0.3, -0.25) is 0 Å². The first-order valence-corrected chi connectivity index (χ1v) is 5.43. The molecule has 6 heteroatoms. The Bertz CT molecular complexity index is 284. The van der Waals surface area contributed by atoms with Gasteiger partial charge >= 0.3 is 11.9 Å². The molecule has 6 nitrogen and oxygen atoms in total. The zero-order valence-electron chi connectivity index (χ0n) is 10.2. The molecule has 0 saturated carbocycles. The smallest absolute Gasteiger partial charge is 0.333 e. The molecule has 0 rings (SSSR count). The van der Waals surface area contributed by atoms with Crippen molar-refractivity contribution in [2.45, 2.75) is 31.8 Å². The summed E-state index contributed by atoms with van der Waals surface area (Å²) in [6.45, 7) is 6.35. The number of carbonyl (C=O) groups is 2. The zero-order chi connectivity index (χ0) is 14.6. The van der Waals surface area contributed by atoms with Gasteiger partial charge < -0.3 is 20.4 Å². The summed E-state index contributed by atoms with van der Waals surface area (Å²) in [7, 11) is 0. The normalized spacial score (nSPS) is 10.8. The summed E-state index contributed by atoms with van der Waals surface area (Å²) in [5.74, 6) is -2.14. The summed E-state index contributed by atoms with van der Waals surface area (Å²) in [6.07, 6.45) is 2.45. The molecule has 1 atom stereocenters. The van der Waals surface area contributed by atoms with Gasteiger partial charge in [-0.1, -0.05) is 26.0 Å². The van der Waals surface area contributed by atoms with Gasteiger partial charge in [0, 0.05) is 12.7 Å². The van der Waals surface area contributed by atoms with Crippen molar-refractivity contribution < 1.29 is 30.0 Å². The minimum Gasteiger partial charge on any atom is -0.478 e. The summed E-state index contributed by atoms with van der Waals surface area (Å²) >= 11 is 0. The Kier molecular flexibility index (Phi) is 12.3. The van der Waals surface area contributed by atoms with E-state index < -0.39 is 18.0 Å². The first-order valence-electron chi connectivity index (χ1n) is 5.43. The first kappa shape index (κ1) is 18.7. The Hall–Kier alpha value is -1.66. The third kappa shape index (κ3) is 12.4. The van der Waals surface area contributed by atoms with Gasteiger partial charge in [0.05, 0.1) is 11.7 Å². The van der Waals surface area contributed by atoms with Crippen LogP contribution < -0.4 is 0 Å². The SMILES string of the molecule is C=C(C(=O)O)C(O)CCCCCO.C=CC(=O)O. The zero-order valence-corrected chi connectivity index (χ0v) is 10.2. The van der Waals surface area contributed by atoms with Crippen LogP contribution in [0.1, 0.15) is 25.7 Å². The number of unbranched alkanes of at least 4 members (excludes halogenated alkanes) is 2. The second kappa shape index (κ2) is 11.8. The molecule has 0 aliphatic carbocycles. The van der Waals surface area contributed by atoms with Crippen LogP contribution in [-0.2, 0) is 9.59 Å². The molecule has 0 saturated heterocycles. The quantitative estimate of drug-likeness (QED) is 0.379. The van der Waals surface area contributed by atoms with E-state index >= 15 is 0 Å². The molecular weight excluding hydrogens is 240 g/mol. The van der Waals surface area contributed by atoms with Gasteiger partial charge in [0.25, 0.3) is 0 Å². The molecule has 0 aliphatic rings. The lowest BCUT2D eigenvalue weighted by Crippen LogP contribution is -2.16. The van der Waals surface area contributed by atoms with E-state index in [9.17, 15) is 14.7 Å². The largest absolute Gasteiger partial charge is 0.478 e. The van der Waals surface area contributed by atoms with Crippen molar-refractivity contribution >= 4 is 11.9 Å². The molecule has 104 valence electrons. The Morgan fingerprint density at radius 1 is 1.17 bits per heavy atom. The Morgan fingerprint density at radius 3 is 2.00 bits per heavy atom. The summed E-state index contributed by atoms with van der Waals surface area (Å²) in [5.41, 5.74) is -0.163. The van der Waals surface area contributed by atoms with Gasteiger partial charge in [0.15, 0.2) is 0 Å². The maximum absolute atomic E-state index is 10.3. The van der Waals surface area contributed by atoms with Crippen LogP contribution in [0.5, 0.6) is 0 Å². The number of aliphatic hydroxyl groups is 2. The van der Waals surface area contributed by atoms with Crippen LogP contribution in [0, 0.1) is 0 Å². The lowest BCUT2D eigenvalue weighted by Gasteiger charge is -2.09. The molecule has 0 spiro atoms. The van der Waals surface area contributed by atoms with Crippen LogP contribution in [0.2, 0.25) is 0 Å². The maximum atomic E-state index is 10.3. The maximum Gasteiger partial charge on any atom is 0.333 e. The first-order chi connectivity index (χ1) is 8.36. The molecular formula is C12H20O6. The van der Waals surface area contributed by atoms with Crippen LogP contribution in [0.4, 0.5) is 0 Å². The molecule has 0 heterocycles. The van der Waals surface area contributed by atoms with Gasteiger partial charge in [-0.15, -0.1) is 0 Å². The van der Waals surface area contributed by atoms with Crippen molar-refractivity contribution in [1.29, 1.82) is 0 Å². The van der Waals surface area contributed by atoms with Crippen LogP contribution in [-0.4, -0.2) is 45.1 Å². The molecule has 0 bridgehead atoms. The van der Waals surface area contributed by atoms with Gasteiger partial charge in [-0.25, -0.2) is 9.59 Å². The Morgan fingerprint density at radius 2 is 1.67 bits per heavy atom. The molecule has 0 fully saturated rings. The van der Waals surface area contributed by atoms with Crippen molar-refractivity contribution in [2.24, 2.45) is 0 Å². The second-order valence-electron chi connectivity index (χ2n) is 3.46. The summed E-state index contributed by atoms with van der Waals surface area (Å²) in [5, 5.41) is 33.8. The fourth-order valence-electron chi connectivity index (χ4n) is 0.943. The molecule has 0 aromatic heterocycles. The molecule has 0 amide bonds. The van der Waals surface area contributed by atoms with Gasteiger partial charge in [-0.05, 0) is 12.8 Å². The molecule has 1 unspecified atom stereocenters. The highest BCUT2D eigenvalue weighted by molar-refractivity contribution is 5.86. The van der Waals surface area contributed by atoms with Gasteiger partial charge in [-0.2, -0.15) is 0 Å². The van der Waals surface area contributed by atoms with E-state index in [2.05, 4.69) is 13.2 Å². The summed E-state index contributed by atoms with van der Waals surface area (Å²) in [4.78, 5) is 19.6. The number of carboxylic acid groups (broad SMARTS) is 2. The van der Waals surface area contributed by atoms with Gasteiger partial charge in [0.1, 0.15) is 0 Å². The predicted octanol–water partition coefficient (Wildman–Crippen LogP) is 0.798. The van der Waals surface area contributed by atoms with Crippen LogP contribution in [0.25, 0.3) is 0 Å². The molecule has 0 radical (unpaired) electrons. The fourth-order valence-corrected chi connectivity index (χ4v) is 0.943. The number of carboxylic acids is 2. The predicted molar refractivity (Wildman–Crippen MR) is 66.2 cm³/mol. The summed E-state index contributed by atoms with van der Waals surface area (Å²) in [6, 6.07) is 0. The average molecular weight is 260 g/mol. The lowest BCUT2D eigenvalue weighted by molar-refractivity contribution is -0.134. The Labute approximate surface area is 106 Å². The van der Waals surface area contributed by atoms with E-state index in [4.69, 9.17) is 15.3 Å². The monoisotopic (exact) mass is 260 g/mol. The van der Waals surface area contributed by atoms with Crippen LogP contribution >= 0.6 is 0 Å². The number of hydrogen-bond donors (Lipinski definition) is 4. The van der Waals surface area contributed by atoms with Crippen molar-refractivity contribution in [3.05, 3.63) is 24.8 Å². The van der Waals surface area contributed by atoms with Crippen molar-refractivity contribution in [3.8, 4) is 0 Å².